The largest absolute Gasteiger partial charge is 0.388 e. The minimum atomic E-state index is -0.561. The molecule has 1 unspecified atom stereocenters. The maximum Gasteiger partial charge on any atom is 0.0805 e. The van der Waals surface area contributed by atoms with Crippen LogP contribution >= 0.6 is 27.5 Å². The van der Waals surface area contributed by atoms with Crippen molar-refractivity contribution in [1.82, 2.24) is 0 Å². The van der Waals surface area contributed by atoms with Crippen molar-refractivity contribution in [3.8, 4) is 0 Å². The Bertz CT molecular complexity index is 380. The second-order valence-corrected chi connectivity index (χ2v) is 5.89. The van der Waals surface area contributed by atoms with E-state index in [9.17, 15) is 5.11 Å². The fraction of sp³-hybridized carbons (Fsp3) is 0.538. The summed E-state index contributed by atoms with van der Waals surface area (Å²) in [6.07, 6.45) is 0.833. The van der Waals surface area contributed by atoms with Crippen LogP contribution in [-0.2, 0) is 4.74 Å². The lowest BCUT2D eigenvalue weighted by Gasteiger charge is -2.24. The molecule has 0 saturated carbocycles. The van der Waals surface area contributed by atoms with Gasteiger partial charge in [-0.15, -0.1) is 0 Å². The van der Waals surface area contributed by atoms with Gasteiger partial charge in [0, 0.05) is 17.1 Å². The number of methoxy groups -OCH3 is 1. The molecule has 4 heteroatoms. The zero-order chi connectivity index (χ0) is 13.1. The summed E-state index contributed by atoms with van der Waals surface area (Å²) in [5, 5.41) is 10.7. The molecule has 0 fully saturated rings. The van der Waals surface area contributed by atoms with E-state index in [0.717, 1.165) is 16.5 Å². The van der Waals surface area contributed by atoms with Gasteiger partial charge in [-0.25, -0.2) is 0 Å². The molecule has 1 N–H and O–H groups in total. The van der Waals surface area contributed by atoms with Gasteiger partial charge in [0.1, 0.15) is 0 Å². The summed E-state index contributed by atoms with van der Waals surface area (Å²) in [6.45, 7) is 4.00. The fourth-order valence-electron chi connectivity index (χ4n) is 1.52. The highest BCUT2D eigenvalue weighted by Crippen LogP contribution is 2.33. The number of hydrogen-bond donors (Lipinski definition) is 1. The second kappa shape index (κ2) is 6.19. The topological polar surface area (TPSA) is 29.5 Å². The van der Waals surface area contributed by atoms with E-state index in [1.807, 2.05) is 32.0 Å². The number of benzene rings is 1. The third-order valence-electron chi connectivity index (χ3n) is 2.91. The van der Waals surface area contributed by atoms with Gasteiger partial charge >= 0.3 is 0 Å². The van der Waals surface area contributed by atoms with Gasteiger partial charge in [-0.2, -0.15) is 0 Å². The van der Waals surface area contributed by atoms with Crippen LogP contribution < -0.4 is 0 Å². The summed E-state index contributed by atoms with van der Waals surface area (Å²) >= 11 is 9.48. The average molecular weight is 322 g/mol. The van der Waals surface area contributed by atoms with Crippen molar-refractivity contribution >= 4 is 27.5 Å². The van der Waals surface area contributed by atoms with E-state index >= 15 is 0 Å². The summed E-state index contributed by atoms with van der Waals surface area (Å²) in [5.74, 6) is 0. The minimum Gasteiger partial charge on any atom is -0.388 e. The van der Waals surface area contributed by atoms with Crippen LogP contribution in [0.3, 0.4) is 0 Å². The number of rotatable bonds is 5. The summed E-state index contributed by atoms with van der Waals surface area (Å²) in [6, 6.07) is 5.57. The molecule has 0 saturated heterocycles. The van der Waals surface area contributed by atoms with Crippen LogP contribution in [0.1, 0.15) is 38.4 Å². The molecule has 2 nitrogen and oxygen atoms in total. The Hall–Kier alpha value is -0.0900. The molecule has 0 radical (unpaired) electrons. The van der Waals surface area contributed by atoms with E-state index in [0.29, 0.717) is 11.4 Å². The molecular weight excluding hydrogens is 303 g/mol. The Balaban J connectivity index is 2.71. The zero-order valence-corrected chi connectivity index (χ0v) is 12.7. The van der Waals surface area contributed by atoms with E-state index in [1.54, 1.807) is 7.11 Å². The van der Waals surface area contributed by atoms with Crippen LogP contribution in [-0.4, -0.2) is 17.8 Å². The molecule has 0 spiro atoms. The van der Waals surface area contributed by atoms with E-state index in [-0.39, 0.29) is 5.60 Å². The Kier molecular flexibility index (Phi) is 5.45. The zero-order valence-electron chi connectivity index (χ0n) is 10.3. The van der Waals surface area contributed by atoms with Gasteiger partial charge in [0.25, 0.3) is 0 Å². The van der Waals surface area contributed by atoms with Crippen molar-refractivity contribution in [1.29, 1.82) is 0 Å². The maximum absolute atomic E-state index is 10.1. The maximum atomic E-state index is 10.1. The number of aliphatic hydroxyl groups excluding tert-OH is 1. The van der Waals surface area contributed by atoms with Crippen LogP contribution in [0, 0.1) is 0 Å². The smallest absolute Gasteiger partial charge is 0.0805 e. The van der Waals surface area contributed by atoms with Crippen molar-refractivity contribution in [2.45, 2.75) is 38.4 Å². The molecule has 0 bridgehead atoms. The summed E-state index contributed by atoms with van der Waals surface area (Å²) in [7, 11) is 1.68. The molecule has 1 rings (SSSR count). The van der Waals surface area contributed by atoms with E-state index in [1.165, 1.54) is 0 Å². The molecule has 1 aromatic rings. The molecule has 0 heterocycles. The lowest BCUT2D eigenvalue weighted by atomic mass is 9.97. The Morgan fingerprint density at radius 2 is 2.12 bits per heavy atom. The van der Waals surface area contributed by atoms with Crippen LogP contribution in [0.2, 0.25) is 5.02 Å². The first-order valence-electron chi connectivity index (χ1n) is 5.54. The van der Waals surface area contributed by atoms with Crippen molar-refractivity contribution in [3.63, 3.8) is 0 Å². The first-order valence-corrected chi connectivity index (χ1v) is 6.71. The van der Waals surface area contributed by atoms with Gasteiger partial charge in [-0.3, -0.25) is 0 Å². The van der Waals surface area contributed by atoms with Gasteiger partial charge in [-0.1, -0.05) is 23.7 Å². The standard InChI is InChI=1S/C13H18BrClO2/c1-13(2,17-3)8-7-11(16)9-5-4-6-10(14)12(9)15/h4-6,11,16H,7-8H2,1-3H3. The van der Waals surface area contributed by atoms with Crippen LogP contribution in [0.15, 0.2) is 22.7 Å². The highest BCUT2D eigenvalue weighted by Gasteiger charge is 2.20. The number of aliphatic hydroxyl groups is 1. The van der Waals surface area contributed by atoms with E-state index < -0.39 is 6.10 Å². The minimum absolute atomic E-state index is 0.223. The van der Waals surface area contributed by atoms with Crippen molar-refractivity contribution in [2.75, 3.05) is 7.11 Å². The van der Waals surface area contributed by atoms with Crippen LogP contribution in [0.4, 0.5) is 0 Å². The van der Waals surface area contributed by atoms with E-state index in [4.69, 9.17) is 16.3 Å². The third-order valence-corrected chi connectivity index (χ3v) is 4.22. The first-order chi connectivity index (χ1) is 7.87. The lowest BCUT2D eigenvalue weighted by Crippen LogP contribution is -2.23. The fourth-order valence-corrected chi connectivity index (χ4v) is 2.15. The highest BCUT2D eigenvalue weighted by molar-refractivity contribution is 9.10. The summed E-state index contributed by atoms with van der Waals surface area (Å²) < 4.78 is 6.13. The summed E-state index contributed by atoms with van der Waals surface area (Å²) in [4.78, 5) is 0. The average Bonchev–Trinajstić information content (AvgIpc) is 2.30. The monoisotopic (exact) mass is 320 g/mol. The van der Waals surface area contributed by atoms with Gasteiger partial charge in [-0.05, 0) is 48.7 Å². The van der Waals surface area contributed by atoms with Crippen molar-refractivity contribution in [3.05, 3.63) is 33.3 Å². The Morgan fingerprint density at radius 3 is 2.71 bits per heavy atom. The molecule has 1 aromatic carbocycles. The normalized spacial score (nSPS) is 13.8. The summed E-state index contributed by atoms with van der Waals surface area (Å²) in [5.41, 5.74) is 0.535. The molecule has 17 heavy (non-hydrogen) atoms. The highest BCUT2D eigenvalue weighted by atomic mass is 79.9. The first kappa shape index (κ1) is 15.0. The van der Waals surface area contributed by atoms with E-state index in [2.05, 4.69) is 15.9 Å². The SMILES string of the molecule is COC(C)(C)CCC(O)c1cccc(Br)c1Cl. The van der Waals surface area contributed by atoms with Gasteiger partial charge in [0.2, 0.25) is 0 Å². The molecule has 96 valence electrons. The molecular formula is C13H18BrClO2. The molecule has 1 atom stereocenters. The van der Waals surface area contributed by atoms with Gasteiger partial charge < -0.3 is 9.84 Å². The van der Waals surface area contributed by atoms with Crippen molar-refractivity contribution in [2.24, 2.45) is 0 Å². The Labute approximate surface area is 116 Å². The Morgan fingerprint density at radius 1 is 1.47 bits per heavy atom. The third kappa shape index (κ3) is 4.25. The number of ether oxygens (including phenoxy) is 1. The van der Waals surface area contributed by atoms with Gasteiger partial charge in [0.15, 0.2) is 0 Å². The number of halogens is 2. The molecule has 0 aromatic heterocycles. The quantitative estimate of drug-likeness (QED) is 0.874. The molecule has 0 amide bonds. The predicted molar refractivity (Wildman–Crippen MR) is 74.4 cm³/mol. The van der Waals surface area contributed by atoms with Crippen molar-refractivity contribution < 1.29 is 9.84 Å². The lowest BCUT2D eigenvalue weighted by molar-refractivity contribution is 0.00279. The second-order valence-electron chi connectivity index (χ2n) is 4.66. The molecule has 0 aliphatic carbocycles. The molecule has 0 aliphatic heterocycles. The predicted octanol–water partition coefficient (Wildman–Crippen LogP) is 4.34. The van der Waals surface area contributed by atoms with Crippen LogP contribution in [0.25, 0.3) is 0 Å². The van der Waals surface area contributed by atoms with Crippen LogP contribution in [0.5, 0.6) is 0 Å². The molecule has 0 aliphatic rings. The van der Waals surface area contributed by atoms with Gasteiger partial charge in [0.05, 0.1) is 16.7 Å². The number of hydrogen-bond acceptors (Lipinski definition) is 2.